The number of hydrogen-bond donors (Lipinski definition) is 1. The molecule has 4 aromatic rings. The van der Waals surface area contributed by atoms with Crippen LogP contribution in [0.3, 0.4) is 0 Å². The molecule has 0 spiro atoms. The van der Waals surface area contributed by atoms with Crippen molar-refractivity contribution in [3.8, 4) is 11.3 Å². The van der Waals surface area contributed by atoms with Gasteiger partial charge in [-0.2, -0.15) is 0 Å². The van der Waals surface area contributed by atoms with Crippen LogP contribution in [0.4, 0.5) is 5.13 Å². The number of amides is 1. The number of aryl methyl sites for hydroxylation is 1. The Morgan fingerprint density at radius 3 is 2.52 bits per heavy atom. The lowest BCUT2D eigenvalue weighted by atomic mass is 10.1. The molecular formula is C22H20N4OS2. The third-order valence-corrected chi connectivity index (χ3v) is 6.14. The predicted molar refractivity (Wildman–Crippen MR) is 119 cm³/mol. The van der Waals surface area contributed by atoms with Gasteiger partial charge in [0.1, 0.15) is 0 Å². The Morgan fingerprint density at radius 2 is 1.83 bits per heavy atom. The van der Waals surface area contributed by atoms with Crippen LogP contribution in [0.2, 0.25) is 0 Å². The van der Waals surface area contributed by atoms with Crippen molar-refractivity contribution in [2.24, 2.45) is 0 Å². The fourth-order valence-corrected chi connectivity index (χ4v) is 4.41. The van der Waals surface area contributed by atoms with Crippen molar-refractivity contribution in [1.82, 2.24) is 14.5 Å². The number of nitrogens with zero attached hydrogens (tertiary/aromatic N) is 3. The van der Waals surface area contributed by atoms with Crippen molar-refractivity contribution in [2.45, 2.75) is 18.6 Å². The molecule has 2 heterocycles. The van der Waals surface area contributed by atoms with Gasteiger partial charge in [-0.1, -0.05) is 72.4 Å². The molecule has 29 heavy (non-hydrogen) atoms. The quantitative estimate of drug-likeness (QED) is 0.423. The van der Waals surface area contributed by atoms with E-state index in [-0.39, 0.29) is 11.7 Å². The van der Waals surface area contributed by atoms with Crippen molar-refractivity contribution in [2.75, 3.05) is 11.1 Å². The maximum Gasteiger partial charge on any atom is 0.236 e. The van der Waals surface area contributed by atoms with Gasteiger partial charge in [0.15, 0.2) is 10.3 Å². The fraction of sp³-hybridized carbons (Fsp3) is 0.136. The van der Waals surface area contributed by atoms with E-state index >= 15 is 0 Å². The number of thiazole rings is 1. The number of carbonyl (C=O) groups excluding carboxylic acids is 1. The van der Waals surface area contributed by atoms with E-state index in [1.165, 1.54) is 28.7 Å². The van der Waals surface area contributed by atoms with Gasteiger partial charge >= 0.3 is 0 Å². The molecule has 0 aliphatic carbocycles. The number of aromatic nitrogens is 3. The monoisotopic (exact) mass is 420 g/mol. The van der Waals surface area contributed by atoms with Crippen LogP contribution in [0.1, 0.15) is 11.3 Å². The van der Waals surface area contributed by atoms with Gasteiger partial charge in [-0.15, -0.1) is 11.3 Å². The number of rotatable bonds is 7. The molecule has 0 saturated heterocycles. The van der Waals surface area contributed by atoms with E-state index in [0.717, 1.165) is 22.1 Å². The van der Waals surface area contributed by atoms with Gasteiger partial charge in [-0.05, 0) is 18.1 Å². The Morgan fingerprint density at radius 1 is 1.10 bits per heavy atom. The average molecular weight is 421 g/mol. The molecule has 0 atom stereocenters. The van der Waals surface area contributed by atoms with Crippen LogP contribution in [0.15, 0.2) is 77.4 Å². The highest BCUT2D eigenvalue weighted by Crippen LogP contribution is 2.27. The largest absolute Gasteiger partial charge is 0.314 e. The molecule has 0 fully saturated rings. The first-order chi connectivity index (χ1) is 14.2. The van der Waals surface area contributed by atoms with Crippen LogP contribution < -0.4 is 5.32 Å². The van der Waals surface area contributed by atoms with Gasteiger partial charge < -0.3 is 9.88 Å². The summed E-state index contributed by atoms with van der Waals surface area (Å²) in [6, 6.07) is 20.5. The molecule has 4 rings (SSSR count). The predicted octanol–water partition coefficient (Wildman–Crippen LogP) is 5.09. The van der Waals surface area contributed by atoms with Crippen molar-refractivity contribution < 1.29 is 4.79 Å². The van der Waals surface area contributed by atoms with E-state index in [2.05, 4.69) is 44.1 Å². The zero-order valence-electron chi connectivity index (χ0n) is 15.9. The maximum atomic E-state index is 12.3. The minimum Gasteiger partial charge on any atom is -0.314 e. The summed E-state index contributed by atoms with van der Waals surface area (Å²) in [6.45, 7) is 2.60. The minimum atomic E-state index is -0.0835. The fourth-order valence-electron chi connectivity index (χ4n) is 2.93. The number of anilines is 1. The van der Waals surface area contributed by atoms with Gasteiger partial charge in [0.25, 0.3) is 0 Å². The first kappa shape index (κ1) is 19.4. The number of nitrogens with one attached hydrogen (secondary N) is 1. The summed E-state index contributed by atoms with van der Waals surface area (Å²) in [5.74, 6) is 0.193. The average Bonchev–Trinajstić information content (AvgIpc) is 3.33. The van der Waals surface area contributed by atoms with E-state index in [1.54, 1.807) is 0 Å². The maximum absolute atomic E-state index is 12.3. The van der Waals surface area contributed by atoms with Crippen LogP contribution in [0, 0.1) is 6.92 Å². The first-order valence-electron chi connectivity index (χ1n) is 9.19. The smallest absolute Gasteiger partial charge is 0.236 e. The molecule has 0 aliphatic heterocycles. The summed E-state index contributed by atoms with van der Waals surface area (Å²) < 4.78 is 2.16. The Kier molecular flexibility index (Phi) is 6.07. The summed E-state index contributed by atoms with van der Waals surface area (Å²) in [5, 5.41) is 6.22. The second kappa shape index (κ2) is 9.07. The highest BCUT2D eigenvalue weighted by atomic mass is 32.2. The molecule has 1 amide bonds. The van der Waals surface area contributed by atoms with E-state index in [4.69, 9.17) is 0 Å². The standard InChI is InChI=1S/C22H20N4OS2/c1-16-14-28-21(24-16)25-20(27)15-29-22-23-12-19(18-10-6-3-7-11-18)26(22)13-17-8-4-2-5-9-17/h2-12,14H,13,15H2,1H3,(H,24,25,27). The first-order valence-corrected chi connectivity index (χ1v) is 11.1. The van der Waals surface area contributed by atoms with Crippen LogP contribution in [-0.2, 0) is 11.3 Å². The van der Waals surface area contributed by atoms with Crippen LogP contribution in [0.25, 0.3) is 11.3 Å². The van der Waals surface area contributed by atoms with Gasteiger partial charge in [0.2, 0.25) is 5.91 Å². The molecule has 7 heteroatoms. The lowest BCUT2D eigenvalue weighted by Gasteiger charge is -2.12. The Balaban J connectivity index is 1.54. The topological polar surface area (TPSA) is 59.8 Å². The number of imidazole rings is 1. The van der Waals surface area contributed by atoms with Crippen molar-refractivity contribution in [1.29, 1.82) is 0 Å². The molecule has 0 radical (unpaired) electrons. The molecule has 2 aromatic carbocycles. The van der Waals surface area contributed by atoms with Gasteiger partial charge in [-0.3, -0.25) is 4.79 Å². The number of hydrogen-bond acceptors (Lipinski definition) is 5. The summed E-state index contributed by atoms with van der Waals surface area (Å²) >= 11 is 2.87. The minimum absolute atomic E-state index is 0.0835. The molecular weight excluding hydrogens is 400 g/mol. The number of benzene rings is 2. The lowest BCUT2D eigenvalue weighted by Crippen LogP contribution is -2.14. The van der Waals surface area contributed by atoms with E-state index in [9.17, 15) is 4.79 Å². The zero-order chi connectivity index (χ0) is 20.1. The van der Waals surface area contributed by atoms with Crippen molar-refractivity contribution in [3.05, 3.63) is 83.5 Å². The molecule has 2 aromatic heterocycles. The van der Waals surface area contributed by atoms with Crippen LogP contribution in [0.5, 0.6) is 0 Å². The Labute approximate surface area is 177 Å². The van der Waals surface area contributed by atoms with Crippen LogP contribution in [-0.4, -0.2) is 26.2 Å². The van der Waals surface area contributed by atoms with E-state index in [1.807, 2.05) is 54.9 Å². The summed E-state index contributed by atoms with van der Waals surface area (Å²) in [6.07, 6.45) is 1.88. The summed E-state index contributed by atoms with van der Waals surface area (Å²) in [5.41, 5.74) is 4.23. The number of thioether (sulfide) groups is 1. The second-order valence-corrected chi connectivity index (χ2v) is 8.30. The van der Waals surface area contributed by atoms with Crippen LogP contribution >= 0.6 is 23.1 Å². The lowest BCUT2D eigenvalue weighted by molar-refractivity contribution is -0.113. The molecule has 5 nitrogen and oxygen atoms in total. The number of carbonyl (C=O) groups is 1. The molecule has 1 N–H and O–H groups in total. The Bertz CT molecular complexity index is 1090. The van der Waals surface area contributed by atoms with Gasteiger partial charge in [-0.25, -0.2) is 9.97 Å². The molecule has 0 bridgehead atoms. The third-order valence-electron chi connectivity index (χ3n) is 4.27. The van der Waals surface area contributed by atoms with E-state index < -0.39 is 0 Å². The summed E-state index contributed by atoms with van der Waals surface area (Å²) in [4.78, 5) is 21.2. The molecule has 0 saturated carbocycles. The van der Waals surface area contributed by atoms with Crippen molar-refractivity contribution in [3.63, 3.8) is 0 Å². The van der Waals surface area contributed by atoms with Gasteiger partial charge in [0, 0.05) is 5.38 Å². The molecule has 0 aliphatic rings. The normalized spacial score (nSPS) is 10.8. The second-order valence-electron chi connectivity index (χ2n) is 6.49. The summed E-state index contributed by atoms with van der Waals surface area (Å²) in [7, 11) is 0. The third kappa shape index (κ3) is 4.93. The Hall–Kier alpha value is -2.90. The van der Waals surface area contributed by atoms with Gasteiger partial charge in [0.05, 0.1) is 29.9 Å². The highest BCUT2D eigenvalue weighted by Gasteiger charge is 2.15. The highest BCUT2D eigenvalue weighted by molar-refractivity contribution is 7.99. The van der Waals surface area contributed by atoms with E-state index in [0.29, 0.717) is 11.7 Å². The molecule has 146 valence electrons. The SMILES string of the molecule is Cc1csc(NC(=O)CSc2ncc(-c3ccccc3)n2Cc2ccccc2)n1. The van der Waals surface area contributed by atoms with Crippen molar-refractivity contribution >= 4 is 34.1 Å². The zero-order valence-corrected chi connectivity index (χ0v) is 17.5. The molecule has 0 unspecified atom stereocenters.